The normalized spacial score (nSPS) is 13.8. The monoisotopic (exact) mass is 513 g/mol. The van der Waals surface area contributed by atoms with E-state index in [-0.39, 0.29) is 17.2 Å². The number of imide groups is 1. The molecule has 0 aliphatic heterocycles. The van der Waals surface area contributed by atoms with E-state index >= 15 is 0 Å². The van der Waals surface area contributed by atoms with E-state index in [2.05, 4.69) is 15.6 Å². The van der Waals surface area contributed by atoms with Gasteiger partial charge in [-0.25, -0.2) is 9.18 Å². The number of hydrogen-bond acceptors (Lipinski definition) is 7. The number of ether oxygens (including phenoxy) is 3. The van der Waals surface area contributed by atoms with Crippen molar-refractivity contribution in [1.82, 2.24) is 10.3 Å². The van der Waals surface area contributed by atoms with Gasteiger partial charge in [0.05, 0.1) is 31.2 Å². The number of amides is 3. The van der Waals surface area contributed by atoms with Gasteiger partial charge in [0.2, 0.25) is 5.91 Å². The average Bonchev–Trinajstić information content (AvgIpc) is 2.89. The van der Waals surface area contributed by atoms with Gasteiger partial charge in [0, 0.05) is 29.0 Å². The molecule has 0 radical (unpaired) electrons. The fraction of sp³-hybridized carbons (Fsp3) is 0.346. The maximum absolute atomic E-state index is 14.7. The number of nitrogens with zero attached hydrogens (tertiary/aromatic N) is 1. The molecular weight excluding hydrogens is 485 g/mol. The second kappa shape index (κ2) is 11.9. The molecule has 1 aromatic heterocycles. The second-order valence-corrected chi connectivity index (χ2v) is 9.64. The molecule has 4 rings (SSSR count). The van der Waals surface area contributed by atoms with Crippen molar-refractivity contribution in [3.05, 3.63) is 48.4 Å². The van der Waals surface area contributed by atoms with Gasteiger partial charge in [-0.3, -0.25) is 15.1 Å². The van der Waals surface area contributed by atoms with Gasteiger partial charge < -0.3 is 19.5 Å². The molecule has 2 aromatic carbocycles. The summed E-state index contributed by atoms with van der Waals surface area (Å²) < 4.78 is 31.3. The second-order valence-electron chi connectivity index (χ2n) is 8.35. The maximum Gasteiger partial charge on any atom is 0.325 e. The third-order valence-corrected chi connectivity index (χ3v) is 7.25. The predicted molar refractivity (Wildman–Crippen MR) is 138 cm³/mol. The number of methoxy groups -OCH3 is 2. The number of pyridine rings is 1. The van der Waals surface area contributed by atoms with E-state index in [1.807, 2.05) is 0 Å². The van der Waals surface area contributed by atoms with Crippen LogP contribution >= 0.6 is 11.8 Å². The predicted octanol–water partition coefficient (Wildman–Crippen LogP) is 5.90. The van der Waals surface area contributed by atoms with Crippen molar-refractivity contribution >= 4 is 40.3 Å². The molecular formula is C26H28FN3O5S. The van der Waals surface area contributed by atoms with E-state index < -0.39 is 17.8 Å². The number of nitrogens with one attached hydrogen (secondary N) is 2. The van der Waals surface area contributed by atoms with Crippen LogP contribution in [0.1, 0.15) is 32.1 Å². The Balaban J connectivity index is 1.38. The smallest absolute Gasteiger partial charge is 0.325 e. The molecule has 0 bridgehead atoms. The third-order valence-electron chi connectivity index (χ3n) is 5.88. The molecule has 1 heterocycles. The molecule has 0 saturated heterocycles. The van der Waals surface area contributed by atoms with Gasteiger partial charge in [0.25, 0.3) is 0 Å². The minimum absolute atomic E-state index is 0.0708. The zero-order chi connectivity index (χ0) is 25.5. The Morgan fingerprint density at radius 2 is 1.78 bits per heavy atom. The summed E-state index contributed by atoms with van der Waals surface area (Å²) in [5, 5.41) is 5.74. The van der Waals surface area contributed by atoms with Gasteiger partial charge in [-0.2, -0.15) is 0 Å². The summed E-state index contributed by atoms with van der Waals surface area (Å²) in [6.45, 7) is 0. The highest BCUT2D eigenvalue weighted by Crippen LogP contribution is 2.37. The van der Waals surface area contributed by atoms with E-state index in [1.54, 1.807) is 36.2 Å². The van der Waals surface area contributed by atoms with Crippen molar-refractivity contribution < 1.29 is 28.2 Å². The molecule has 190 valence electrons. The number of carbonyl (C=O) groups excluding carboxylic acids is 2. The Kier molecular flexibility index (Phi) is 8.48. The lowest BCUT2D eigenvalue weighted by molar-refractivity contribution is -0.117. The minimum atomic E-state index is -0.780. The lowest BCUT2D eigenvalue weighted by Crippen LogP contribution is -2.36. The standard InChI is InChI=1S/C26H28FN3O5S/c1-33-23-13-18-21(14-24(23)34-2)28-11-10-22(18)35-16-8-9-20(19(27)12-16)29-26(32)30-25(31)15-36-17-6-4-3-5-7-17/h8-14,17H,3-7,15H2,1-2H3,(H2,29,30,31,32). The SMILES string of the molecule is COc1cc2nccc(Oc3ccc(NC(=O)NC(=O)CSC4CCCCC4)c(F)c3)c2cc1OC. The number of benzene rings is 2. The Labute approximate surface area is 212 Å². The highest BCUT2D eigenvalue weighted by Gasteiger charge is 2.17. The Bertz CT molecular complexity index is 1250. The van der Waals surface area contributed by atoms with E-state index in [0.29, 0.717) is 33.4 Å². The van der Waals surface area contributed by atoms with Crippen molar-refractivity contribution in [3.8, 4) is 23.0 Å². The molecule has 0 atom stereocenters. The van der Waals surface area contributed by atoms with E-state index in [0.717, 1.165) is 18.9 Å². The van der Waals surface area contributed by atoms with E-state index in [9.17, 15) is 14.0 Å². The first-order chi connectivity index (χ1) is 17.5. The Hall–Kier alpha value is -3.53. The maximum atomic E-state index is 14.7. The molecule has 36 heavy (non-hydrogen) atoms. The molecule has 1 aliphatic rings. The summed E-state index contributed by atoms with van der Waals surface area (Å²) in [5.74, 6) is 0.792. The van der Waals surface area contributed by atoms with Crippen molar-refractivity contribution in [2.45, 2.75) is 37.4 Å². The molecule has 0 spiro atoms. The quantitative estimate of drug-likeness (QED) is 0.387. The summed E-state index contributed by atoms with van der Waals surface area (Å²) in [6, 6.07) is 8.38. The Morgan fingerprint density at radius 3 is 2.50 bits per heavy atom. The van der Waals surface area contributed by atoms with Crippen LogP contribution in [0.5, 0.6) is 23.0 Å². The molecule has 8 nitrogen and oxygen atoms in total. The number of anilines is 1. The number of thioether (sulfide) groups is 1. The largest absolute Gasteiger partial charge is 0.493 e. The first-order valence-electron chi connectivity index (χ1n) is 11.7. The number of rotatable bonds is 8. The Morgan fingerprint density at radius 1 is 1.03 bits per heavy atom. The number of halogens is 1. The number of fused-ring (bicyclic) bond motifs is 1. The fourth-order valence-electron chi connectivity index (χ4n) is 4.07. The lowest BCUT2D eigenvalue weighted by atomic mass is 10.0. The highest BCUT2D eigenvalue weighted by molar-refractivity contribution is 8.00. The van der Waals surface area contributed by atoms with Gasteiger partial charge in [-0.15, -0.1) is 11.8 Å². The van der Waals surface area contributed by atoms with Gasteiger partial charge in [-0.1, -0.05) is 19.3 Å². The molecule has 1 fully saturated rings. The van der Waals surface area contributed by atoms with Crippen LogP contribution in [0.15, 0.2) is 42.6 Å². The number of urea groups is 1. The summed E-state index contributed by atoms with van der Waals surface area (Å²) >= 11 is 1.56. The van der Waals surface area contributed by atoms with Crippen molar-refractivity contribution in [2.24, 2.45) is 0 Å². The highest BCUT2D eigenvalue weighted by atomic mass is 32.2. The molecule has 1 saturated carbocycles. The van der Waals surface area contributed by atoms with Crippen molar-refractivity contribution in [1.29, 1.82) is 0 Å². The molecule has 3 aromatic rings. The third kappa shape index (κ3) is 6.37. The number of aromatic nitrogens is 1. The summed E-state index contributed by atoms with van der Waals surface area (Å²) in [4.78, 5) is 28.6. The summed E-state index contributed by atoms with van der Waals surface area (Å²) in [5.41, 5.74) is 0.547. The summed E-state index contributed by atoms with van der Waals surface area (Å²) in [6.07, 6.45) is 7.37. The first kappa shape index (κ1) is 25.6. The topological polar surface area (TPSA) is 98.8 Å². The summed E-state index contributed by atoms with van der Waals surface area (Å²) in [7, 11) is 3.07. The van der Waals surface area contributed by atoms with Crippen molar-refractivity contribution in [3.63, 3.8) is 0 Å². The van der Waals surface area contributed by atoms with Crippen LogP contribution in [0.4, 0.5) is 14.9 Å². The number of hydrogen-bond donors (Lipinski definition) is 2. The van der Waals surface area contributed by atoms with Crippen LogP contribution in [0.3, 0.4) is 0 Å². The minimum Gasteiger partial charge on any atom is -0.493 e. The zero-order valence-electron chi connectivity index (χ0n) is 20.1. The molecule has 10 heteroatoms. The molecule has 0 unspecified atom stereocenters. The molecule has 3 amide bonds. The van der Waals surface area contributed by atoms with Gasteiger partial charge in [0.15, 0.2) is 11.5 Å². The van der Waals surface area contributed by atoms with Crippen LogP contribution in [0.2, 0.25) is 0 Å². The van der Waals surface area contributed by atoms with Crippen LogP contribution < -0.4 is 24.8 Å². The number of carbonyl (C=O) groups is 2. The van der Waals surface area contributed by atoms with E-state index in [1.165, 1.54) is 45.6 Å². The van der Waals surface area contributed by atoms with Crippen LogP contribution in [-0.4, -0.2) is 42.1 Å². The van der Waals surface area contributed by atoms with Crippen LogP contribution in [-0.2, 0) is 4.79 Å². The molecule has 2 N–H and O–H groups in total. The van der Waals surface area contributed by atoms with Crippen molar-refractivity contribution in [2.75, 3.05) is 25.3 Å². The van der Waals surface area contributed by atoms with Crippen LogP contribution in [0.25, 0.3) is 10.9 Å². The van der Waals surface area contributed by atoms with Gasteiger partial charge in [0.1, 0.15) is 17.3 Å². The van der Waals surface area contributed by atoms with E-state index in [4.69, 9.17) is 14.2 Å². The lowest BCUT2D eigenvalue weighted by Gasteiger charge is -2.20. The zero-order valence-corrected chi connectivity index (χ0v) is 21.0. The van der Waals surface area contributed by atoms with Crippen LogP contribution in [0, 0.1) is 5.82 Å². The molecule has 1 aliphatic carbocycles. The first-order valence-corrected chi connectivity index (χ1v) is 12.7. The fourth-order valence-corrected chi connectivity index (χ4v) is 5.19. The van der Waals surface area contributed by atoms with Gasteiger partial charge >= 0.3 is 6.03 Å². The van der Waals surface area contributed by atoms with Gasteiger partial charge in [-0.05, 0) is 37.1 Å². The average molecular weight is 514 g/mol.